The first-order chi connectivity index (χ1) is 8.58. The van der Waals surface area contributed by atoms with Crippen LogP contribution in [-0.4, -0.2) is 21.9 Å². The second-order valence-corrected chi connectivity index (χ2v) is 5.39. The van der Waals surface area contributed by atoms with Crippen LogP contribution in [0.1, 0.15) is 49.3 Å². The van der Waals surface area contributed by atoms with Gasteiger partial charge in [0.1, 0.15) is 5.69 Å². The summed E-state index contributed by atoms with van der Waals surface area (Å²) in [7, 11) is 0. The summed E-state index contributed by atoms with van der Waals surface area (Å²) in [6.45, 7) is 6.34. The number of aromatic nitrogens is 2. The van der Waals surface area contributed by atoms with Gasteiger partial charge in [-0.15, -0.1) is 0 Å². The van der Waals surface area contributed by atoms with Crippen molar-refractivity contribution in [2.75, 3.05) is 0 Å². The summed E-state index contributed by atoms with van der Waals surface area (Å²) in [4.78, 5) is 20.3. The van der Waals surface area contributed by atoms with Crippen LogP contribution in [-0.2, 0) is 0 Å². The maximum absolute atomic E-state index is 12.1. The molecule has 1 aliphatic rings. The van der Waals surface area contributed by atoms with E-state index in [4.69, 9.17) is 0 Å². The molecule has 4 nitrogen and oxygen atoms in total. The Morgan fingerprint density at radius 3 is 2.72 bits per heavy atom. The van der Waals surface area contributed by atoms with Crippen molar-refractivity contribution in [3.8, 4) is 0 Å². The molecular formula is C14H21N3O. The second-order valence-electron chi connectivity index (χ2n) is 5.39. The van der Waals surface area contributed by atoms with Gasteiger partial charge in [0.2, 0.25) is 0 Å². The number of aryl methyl sites for hydroxylation is 1. The van der Waals surface area contributed by atoms with Gasteiger partial charge < -0.3 is 5.32 Å². The van der Waals surface area contributed by atoms with E-state index in [0.29, 0.717) is 17.5 Å². The van der Waals surface area contributed by atoms with Gasteiger partial charge in [0.05, 0.1) is 11.9 Å². The van der Waals surface area contributed by atoms with E-state index in [2.05, 4.69) is 29.1 Å². The van der Waals surface area contributed by atoms with Gasteiger partial charge in [0.15, 0.2) is 0 Å². The lowest BCUT2D eigenvalue weighted by Gasteiger charge is -2.34. The van der Waals surface area contributed by atoms with Gasteiger partial charge >= 0.3 is 0 Å². The SMILES string of the molecule is Cc1cnc(C(=O)N[C@@H]2CCC[C@H](C)[C@H]2C)cn1. The van der Waals surface area contributed by atoms with E-state index in [1.807, 2.05) is 6.92 Å². The van der Waals surface area contributed by atoms with Crippen LogP contribution in [0.3, 0.4) is 0 Å². The number of nitrogens with zero attached hydrogens (tertiary/aromatic N) is 2. The third-order valence-electron chi connectivity index (χ3n) is 4.04. The second kappa shape index (κ2) is 5.46. The number of carbonyl (C=O) groups excluding carboxylic acids is 1. The third kappa shape index (κ3) is 2.86. The molecule has 1 N–H and O–H groups in total. The molecule has 1 aliphatic carbocycles. The molecule has 0 aliphatic heterocycles. The Labute approximate surface area is 108 Å². The molecule has 1 fully saturated rings. The van der Waals surface area contributed by atoms with Crippen LogP contribution in [0.25, 0.3) is 0 Å². The van der Waals surface area contributed by atoms with Crippen LogP contribution >= 0.6 is 0 Å². The monoisotopic (exact) mass is 247 g/mol. The van der Waals surface area contributed by atoms with Gasteiger partial charge in [-0.25, -0.2) is 4.98 Å². The average molecular weight is 247 g/mol. The summed E-state index contributed by atoms with van der Waals surface area (Å²) in [6.07, 6.45) is 6.69. The van der Waals surface area contributed by atoms with E-state index >= 15 is 0 Å². The maximum Gasteiger partial charge on any atom is 0.271 e. The maximum atomic E-state index is 12.1. The quantitative estimate of drug-likeness (QED) is 0.872. The molecule has 98 valence electrons. The minimum atomic E-state index is -0.103. The first-order valence-electron chi connectivity index (χ1n) is 6.67. The molecule has 0 radical (unpaired) electrons. The van der Waals surface area contributed by atoms with Crippen molar-refractivity contribution in [3.63, 3.8) is 0 Å². The van der Waals surface area contributed by atoms with Crippen LogP contribution in [0.2, 0.25) is 0 Å². The number of rotatable bonds is 2. The van der Waals surface area contributed by atoms with Gasteiger partial charge in [-0.2, -0.15) is 0 Å². The minimum Gasteiger partial charge on any atom is -0.348 e. The molecule has 18 heavy (non-hydrogen) atoms. The summed E-state index contributed by atoms with van der Waals surface area (Å²) >= 11 is 0. The van der Waals surface area contributed by atoms with E-state index in [0.717, 1.165) is 12.1 Å². The Hall–Kier alpha value is -1.45. The van der Waals surface area contributed by atoms with Crippen molar-refractivity contribution < 1.29 is 4.79 Å². The smallest absolute Gasteiger partial charge is 0.271 e. The summed E-state index contributed by atoms with van der Waals surface area (Å²) in [5, 5.41) is 3.09. The topological polar surface area (TPSA) is 54.9 Å². The Bertz CT molecular complexity index is 416. The van der Waals surface area contributed by atoms with Crippen LogP contribution in [0.4, 0.5) is 0 Å². The molecule has 1 heterocycles. The lowest BCUT2D eigenvalue weighted by Crippen LogP contribution is -2.43. The normalized spacial score (nSPS) is 27.8. The molecule has 0 saturated heterocycles. The highest BCUT2D eigenvalue weighted by Crippen LogP contribution is 2.29. The fraction of sp³-hybridized carbons (Fsp3) is 0.643. The lowest BCUT2D eigenvalue weighted by molar-refractivity contribution is 0.0885. The highest BCUT2D eigenvalue weighted by Gasteiger charge is 2.28. The average Bonchev–Trinajstić information content (AvgIpc) is 2.36. The lowest BCUT2D eigenvalue weighted by atomic mass is 9.78. The summed E-state index contributed by atoms with van der Waals surface area (Å²) in [5.74, 6) is 1.10. The van der Waals surface area contributed by atoms with Crippen molar-refractivity contribution in [1.82, 2.24) is 15.3 Å². The molecule has 4 heteroatoms. The largest absolute Gasteiger partial charge is 0.348 e. The van der Waals surface area contributed by atoms with Crippen molar-refractivity contribution in [1.29, 1.82) is 0 Å². The molecule has 1 aromatic heterocycles. The first kappa shape index (κ1) is 13.0. The van der Waals surface area contributed by atoms with Crippen molar-refractivity contribution in [2.45, 2.75) is 46.1 Å². The molecule has 1 aromatic rings. The fourth-order valence-electron chi connectivity index (χ4n) is 2.54. The zero-order valence-corrected chi connectivity index (χ0v) is 11.3. The van der Waals surface area contributed by atoms with E-state index in [1.54, 1.807) is 12.4 Å². The molecule has 3 atom stereocenters. The van der Waals surface area contributed by atoms with Crippen LogP contribution in [0.15, 0.2) is 12.4 Å². The Balaban J connectivity index is 2.00. The van der Waals surface area contributed by atoms with Gasteiger partial charge in [0.25, 0.3) is 5.91 Å². The van der Waals surface area contributed by atoms with E-state index in [9.17, 15) is 4.79 Å². The molecule has 2 rings (SSSR count). The van der Waals surface area contributed by atoms with Crippen molar-refractivity contribution in [2.24, 2.45) is 11.8 Å². The zero-order chi connectivity index (χ0) is 13.1. The molecule has 0 spiro atoms. The summed E-state index contributed by atoms with van der Waals surface area (Å²) in [5.41, 5.74) is 1.23. The minimum absolute atomic E-state index is 0.103. The zero-order valence-electron chi connectivity index (χ0n) is 11.3. The predicted molar refractivity (Wildman–Crippen MR) is 70.2 cm³/mol. The Morgan fingerprint density at radius 2 is 2.06 bits per heavy atom. The van der Waals surface area contributed by atoms with Gasteiger partial charge in [-0.3, -0.25) is 9.78 Å². The Kier molecular flexibility index (Phi) is 3.94. The molecule has 0 unspecified atom stereocenters. The number of hydrogen-bond donors (Lipinski definition) is 1. The van der Waals surface area contributed by atoms with Gasteiger partial charge in [-0.05, 0) is 25.2 Å². The van der Waals surface area contributed by atoms with Gasteiger partial charge in [-0.1, -0.05) is 26.7 Å². The van der Waals surface area contributed by atoms with Crippen molar-refractivity contribution >= 4 is 5.91 Å². The van der Waals surface area contributed by atoms with Crippen molar-refractivity contribution in [3.05, 3.63) is 23.8 Å². The van der Waals surface area contributed by atoms with Crippen LogP contribution < -0.4 is 5.32 Å². The highest BCUT2D eigenvalue weighted by atomic mass is 16.1. The Morgan fingerprint density at radius 1 is 1.28 bits per heavy atom. The highest BCUT2D eigenvalue weighted by molar-refractivity contribution is 5.92. The molecule has 1 amide bonds. The molecular weight excluding hydrogens is 226 g/mol. The summed E-state index contributed by atoms with van der Waals surface area (Å²) in [6, 6.07) is 0.268. The molecule has 0 bridgehead atoms. The summed E-state index contributed by atoms with van der Waals surface area (Å²) < 4.78 is 0. The molecule has 1 saturated carbocycles. The fourth-order valence-corrected chi connectivity index (χ4v) is 2.54. The molecule has 0 aromatic carbocycles. The van der Waals surface area contributed by atoms with E-state index in [-0.39, 0.29) is 11.9 Å². The number of amides is 1. The number of carbonyl (C=O) groups is 1. The first-order valence-corrected chi connectivity index (χ1v) is 6.67. The third-order valence-corrected chi connectivity index (χ3v) is 4.04. The van der Waals surface area contributed by atoms with Crippen LogP contribution in [0, 0.1) is 18.8 Å². The van der Waals surface area contributed by atoms with E-state index < -0.39 is 0 Å². The van der Waals surface area contributed by atoms with Crippen LogP contribution in [0.5, 0.6) is 0 Å². The number of hydrogen-bond acceptors (Lipinski definition) is 3. The predicted octanol–water partition coefficient (Wildman–Crippen LogP) is 2.34. The van der Waals surface area contributed by atoms with E-state index in [1.165, 1.54) is 12.8 Å². The standard InChI is InChI=1S/C14H21N3O/c1-9-5-4-6-12(11(9)3)17-14(18)13-8-15-10(2)7-16-13/h7-9,11-12H,4-6H2,1-3H3,(H,17,18)/t9-,11+,12+/m0/s1. The van der Waals surface area contributed by atoms with Gasteiger partial charge in [0, 0.05) is 12.2 Å². The number of nitrogens with one attached hydrogen (secondary N) is 1.